The second-order valence-electron chi connectivity index (χ2n) is 11.7. The minimum atomic E-state index is -4.69. The van der Waals surface area contributed by atoms with Gasteiger partial charge in [-0.15, -0.1) is 0 Å². The lowest BCUT2D eigenvalue weighted by molar-refractivity contribution is -0.161. The van der Waals surface area contributed by atoms with Gasteiger partial charge in [0.05, 0.1) is 13.2 Å². The SMILES string of the molecule is CCCCCCCCCCCCC(=O)OCC(COP(=O)(O)OCC(N)C(=O)O)OC(=O)CCCCCCCCCCCC. The van der Waals surface area contributed by atoms with Crippen LogP contribution in [-0.4, -0.2) is 59.9 Å². The van der Waals surface area contributed by atoms with E-state index in [0.29, 0.717) is 12.8 Å². The van der Waals surface area contributed by atoms with E-state index in [-0.39, 0.29) is 19.4 Å². The molecule has 0 saturated carbocycles. The molecule has 0 saturated heterocycles. The molecule has 0 bridgehead atoms. The highest BCUT2D eigenvalue weighted by Crippen LogP contribution is 2.43. The van der Waals surface area contributed by atoms with Gasteiger partial charge in [-0.2, -0.15) is 0 Å². The van der Waals surface area contributed by atoms with E-state index in [0.717, 1.165) is 38.5 Å². The van der Waals surface area contributed by atoms with Crippen LogP contribution in [0.3, 0.4) is 0 Å². The van der Waals surface area contributed by atoms with E-state index in [9.17, 15) is 23.8 Å². The van der Waals surface area contributed by atoms with Crippen molar-refractivity contribution in [3.63, 3.8) is 0 Å². The van der Waals surface area contributed by atoms with Crippen LogP contribution in [0.1, 0.15) is 155 Å². The van der Waals surface area contributed by atoms with Crippen LogP contribution in [-0.2, 0) is 37.5 Å². The summed E-state index contributed by atoms with van der Waals surface area (Å²) in [5.74, 6) is -2.38. The van der Waals surface area contributed by atoms with Crippen LogP contribution < -0.4 is 5.73 Å². The highest BCUT2D eigenvalue weighted by molar-refractivity contribution is 7.47. The van der Waals surface area contributed by atoms with Crippen molar-refractivity contribution in [2.24, 2.45) is 5.73 Å². The maximum absolute atomic E-state index is 12.5. The fourth-order valence-electron chi connectivity index (χ4n) is 4.59. The number of carboxylic acids is 1. The largest absolute Gasteiger partial charge is 0.480 e. The van der Waals surface area contributed by atoms with Crippen LogP contribution in [0.4, 0.5) is 0 Å². The van der Waals surface area contributed by atoms with Crippen molar-refractivity contribution in [3.8, 4) is 0 Å². The van der Waals surface area contributed by atoms with E-state index in [1.807, 2.05) is 0 Å². The van der Waals surface area contributed by atoms with Gasteiger partial charge in [-0.25, -0.2) is 4.57 Å². The molecule has 4 N–H and O–H groups in total. The number of hydrogen-bond donors (Lipinski definition) is 3. The number of unbranched alkanes of at least 4 members (excludes halogenated alkanes) is 18. The Bertz CT molecular complexity index is 782. The van der Waals surface area contributed by atoms with Crippen LogP contribution in [0.5, 0.6) is 0 Å². The highest BCUT2D eigenvalue weighted by Gasteiger charge is 2.28. The zero-order valence-electron chi connectivity index (χ0n) is 27.5. The molecule has 11 nitrogen and oxygen atoms in total. The maximum atomic E-state index is 12.5. The number of rotatable bonds is 32. The summed E-state index contributed by atoms with van der Waals surface area (Å²) in [7, 11) is -4.69. The molecule has 0 aromatic carbocycles. The number of carbonyl (C=O) groups excluding carboxylic acids is 2. The smallest absolute Gasteiger partial charge is 0.472 e. The average molecular weight is 652 g/mol. The summed E-state index contributed by atoms with van der Waals surface area (Å²) in [6.07, 6.45) is 21.9. The third-order valence-electron chi connectivity index (χ3n) is 7.36. The van der Waals surface area contributed by atoms with Gasteiger partial charge in [-0.1, -0.05) is 129 Å². The monoisotopic (exact) mass is 651 g/mol. The summed E-state index contributed by atoms with van der Waals surface area (Å²) < 4.78 is 32.4. The van der Waals surface area contributed by atoms with E-state index in [2.05, 4.69) is 18.4 Å². The number of carboxylic acid groups (broad SMARTS) is 1. The van der Waals surface area contributed by atoms with Gasteiger partial charge in [-0.05, 0) is 12.8 Å². The van der Waals surface area contributed by atoms with Crippen molar-refractivity contribution in [1.29, 1.82) is 0 Å². The first kappa shape index (κ1) is 42.5. The molecule has 0 aliphatic heterocycles. The van der Waals surface area contributed by atoms with Crippen LogP contribution in [0.25, 0.3) is 0 Å². The Labute approximate surface area is 265 Å². The molecule has 0 rings (SSSR count). The van der Waals surface area contributed by atoms with Gasteiger partial charge in [-0.3, -0.25) is 23.4 Å². The number of phosphoric acid groups is 1. The van der Waals surface area contributed by atoms with Crippen LogP contribution >= 0.6 is 7.82 Å². The maximum Gasteiger partial charge on any atom is 0.472 e. The van der Waals surface area contributed by atoms with Crippen molar-refractivity contribution < 1.29 is 47.5 Å². The average Bonchev–Trinajstić information content (AvgIpc) is 2.99. The molecule has 0 fully saturated rings. The van der Waals surface area contributed by atoms with E-state index >= 15 is 0 Å². The number of esters is 2. The Morgan fingerprint density at radius 3 is 1.43 bits per heavy atom. The molecular formula is C32H62NO10P. The Morgan fingerprint density at radius 2 is 1.00 bits per heavy atom. The predicted octanol–water partition coefficient (Wildman–Crippen LogP) is 7.61. The molecule has 0 aliphatic carbocycles. The fraction of sp³-hybridized carbons (Fsp3) is 0.906. The summed E-state index contributed by atoms with van der Waals surface area (Å²) in [5, 5.41) is 8.82. The van der Waals surface area contributed by atoms with Crippen molar-refractivity contribution in [2.75, 3.05) is 19.8 Å². The van der Waals surface area contributed by atoms with E-state index in [1.54, 1.807) is 0 Å². The second-order valence-corrected chi connectivity index (χ2v) is 13.1. The quantitative estimate of drug-likeness (QED) is 0.0371. The van der Waals surface area contributed by atoms with Gasteiger partial charge in [0.25, 0.3) is 0 Å². The van der Waals surface area contributed by atoms with Gasteiger partial charge in [0.15, 0.2) is 6.10 Å². The Balaban J connectivity index is 4.50. The van der Waals surface area contributed by atoms with Gasteiger partial charge >= 0.3 is 25.7 Å². The number of nitrogens with two attached hydrogens (primary N) is 1. The molecule has 12 heteroatoms. The number of ether oxygens (including phenoxy) is 2. The Kier molecular flexibility index (Phi) is 27.9. The van der Waals surface area contributed by atoms with E-state index < -0.39 is 51.1 Å². The molecule has 0 aromatic heterocycles. The van der Waals surface area contributed by atoms with Crippen molar-refractivity contribution in [3.05, 3.63) is 0 Å². The summed E-state index contributed by atoms with van der Waals surface area (Å²) >= 11 is 0. The van der Waals surface area contributed by atoms with Gasteiger partial charge in [0, 0.05) is 12.8 Å². The number of aliphatic carboxylic acids is 1. The zero-order chi connectivity index (χ0) is 32.9. The van der Waals surface area contributed by atoms with Crippen LogP contribution in [0, 0.1) is 0 Å². The van der Waals surface area contributed by atoms with Gasteiger partial charge in [0.1, 0.15) is 12.6 Å². The summed E-state index contributed by atoms with van der Waals surface area (Å²) in [5.41, 5.74) is 5.29. The lowest BCUT2D eigenvalue weighted by atomic mass is 10.1. The number of phosphoric ester groups is 1. The molecule has 0 aliphatic rings. The lowest BCUT2D eigenvalue weighted by Crippen LogP contribution is -2.34. The topological polar surface area (TPSA) is 172 Å². The minimum absolute atomic E-state index is 0.167. The predicted molar refractivity (Wildman–Crippen MR) is 171 cm³/mol. The molecule has 0 heterocycles. The van der Waals surface area contributed by atoms with Gasteiger partial charge < -0.3 is 25.2 Å². The lowest BCUT2D eigenvalue weighted by Gasteiger charge is -2.20. The molecule has 0 spiro atoms. The molecule has 3 unspecified atom stereocenters. The van der Waals surface area contributed by atoms with E-state index in [1.165, 1.54) is 77.0 Å². The summed E-state index contributed by atoms with van der Waals surface area (Å²) in [6.45, 7) is 2.74. The van der Waals surface area contributed by atoms with E-state index in [4.69, 9.17) is 24.8 Å². The van der Waals surface area contributed by atoms with Crippen molar-refractivity contribution in [1.82, 2.24) is 0 Å². The first-order valence-electron chi connectivity index (χ1n) is 17.1. The fourth-order valence-corrected chi connectivity index (χ4v) is 5.37. The van der Waals surface area contributed by atoms with Crippen molar-refractivity contribution in [2.45, 2.75) is 167 Å². The summed E-state index contributed by atoms with van der Waals surface area (Å²) in [6, 6.07) is -1.51. The van der Waals surface area contributed by atoms with Crippen LogP contribution in [0.2, 0.25) is 0 Å². The normalized spacial score (nSPS) is 14.1. The molecule has 0 aromatic rings. The first-order valence-corrected chi connectivity index (χ1v) is 18.6. The molecule has 0 radical (unpaired) electrons. The third-order valence-corrected chi connectivity index (χ3v) is 8.31. The summed E-state index contributed by atoms with van der Waals surface area (Å²) in [4.78, 5) is 45.4. The molecule has 260 valence electrons. The molecule has 44 heavy (non-hydrogen) atoms. The van der Waals surface area contributed by atoms with Gasteiger partial charge in [0.2, 0.25) is 0 Å². The first-order chi connectivity index (χ1) is 21.1. The zero-order valence-corrected chi connectivity index (χ0v) is 28.4. The third kappa shape index (κ3) is 28.0. The van der Waals surface area contributed by atoms with Crippen molar-refractivity contribution >= 4 is 25.7 Å². The minimum Gasteiger partial charge on any atom is -0.480 e. The standard InChI is InChI=1S/C32H62NO10P/c1-3-5-7-9-11-13-15-17-19-21-23-30(34)40-25-28(26-41-44(38,39)42-27-29(33)32(36)37)43-31(35)24-22-20-18-16-14-12-10-8-6-4-2/h28-29H,3-27,33H2,1-2H3,(H,36,37)(H,38,39). The molecule has 3 atom stereocenters. The molecular weight excluding hydrogens is 589 g/mol. The Morgan fingerprint density at radius 1 is 0.614 bits per heavy atom. The Hall–Kier alpha value is -1.52. The second kappa shape index (κ2) is 28.9. The highest BCUT2D eigenvalue weighted by atomic mass is 31.2. The molecule has 0 amide bonds. The number of carbonyl (C=O) groups is 3. The van der Waals surface area contributed by atoms with Crippen LogP contribution in [0.15, 0.2) is 0 Å². The number of hydrogen-bond acceptors (Lipinski definition) is 9.